The van der Waals surface area contributed by atoms with Gasteiger partial charge in [-0.05, 0) is 31.7 Å². The average molecular weight is 306 g/mol. The molecular formula is C17H23FN2O2. The largest absolute Gasteiger partial charge is 0.490 e. The van der Waals surface area contributed by atoms with Crippen molar-refractivity contribution in [2.45, 2.75) is 57.0 Å². The molecule has 22 heavy (non-hydrogen) atoms. The summed E-state index contributed by atoms with van der Waals surface area (Å²) in [4.78, 5) is 12.0. The van der Waals surface area contributed by atoms with E-state index in [0.717, 1.165) is 24.2 Å². The van der Waals surface area contributed by atoms with Gasteiger partial charge in [0.05, 0.1) is 12.1 Å². The van der Waals surface area contributed by atoms with E-state index in [1.807, 2.05) is 24.3 Å². The second-order valence-electron chi connectivity index (χ2n) is 6.14. The van der Waals surface area contributed by atoms with Crippen molar-refractivity contribution in [2.24, 2.45) is 0 Å². The lowest BCUT2D eigenvalue weighted by atomic mass is 10.1. The number of amides is 1. The van der Waals surface area contributed by atoms with Crippen LogP contribution >= 0.6 is 0 Å². The van der Waals surface area contributed by atoms with Crippen LogP contribution in [0.1, 0.15) is 37.7 Å². The molecule has 2 aliphatic rings. The Morgan fingerprint density at radius 1 is 1.32 bits per heavy atom. The van der Waals surface area contributed by atoms with Gasteiger partial charge in [-0.2, -0.15) is 0 Å². The Morgan fingerprint density at radius 3 is 2.82 bits per heavy atom. The number of carbonyl (C=O) groups is 1. The molecule has 1 aliphatic carbocycles. The zero-order valence-electron chi connectivity index (χ0n) is 12.7. The van der Waals surface area contributed by atoms with Gasteiger partial charge in [0.25, 0.3) is 0 Å². The third kappa shape index (κ3) is 3.77. The number of carbonyl (C=O) groups excluding carboxylic acids is 1. The number of ether oxygens (including phenoxy) is 1. The number of hydrogen-bond acceptors (Lipinski definition) is 3. The molecule has 1 amide bonds. The predicted octanol–water partition coefficient (Wildman–Crippen LogP) is 2.32. The lowest BCUT2D eigenvalue weighted by Gasteiger charge is -2.17. The number of alkyl halides is 1. The molecule has 1 saturated heterocycles. The third-order valence-corrected chi connectivity index (χ3v) is 4.42. The van der Waals surface area contributed by atoms with E-state index in [-0.39, 0.29) is 18.9 Å². The number of hydrogen-bond donors (Lipinski definition) is 2. The molecule has 120 valence electrons. The van der Waals surface area contributed by atoms with Crippen molar-refractivity contribution < 1.29 is 13.9 Å². The van der Waals surface area contributed by atoms with Gasteiger partial charge in [0.2, 0.25) is 5.91 Å². The van der Waals surface area contributed by atoms with Crippen molar-refractivity contribution in [1.29, 1.82) is 0 Å². The molecule has 1 aliphatic heterocycles. The Hall–Kier alpha value is -1.62. The van der Waals surface area contributed by atoms with Crippen molar-refractivity contribution >= 4 is 5.91 Å². The van der Waals surface area contributed by atoms with E-state index in [0.29, 0.717) is 12.6 Å². The second kappa shape index (κ2) is 7.09. The van der Waals surface area contributed by atoms with Crippen molar-refractivity contribution in [3.05, 3.63) is 29.8 Å². The highest BCUT2D eigenvalue weighted by Crippen LogP contribution is 2.26. The molecule has 0 aromatic heterocycles. The van der Waals surface area contributed by atoms with E-state index in [1.165, 1.54) is 12.8 Å². The zero-order chi connectivity index (χ0) is 15.4. The van der Waals surface area contributed by atoms with Gasteiger partial charge in [0.15, 0.2) is 0 Å². The average Bonchev–Trinajstić information content (AvgIpc) is 3.18. The van der Waals surface area contributed by atoms with Gasteiger partial charge in [-0.25, -0.2) is 4.39 Å². The molecular weight excluding hydrogens is 283 g/mol. The van der Waals surface area contributed by atoms with Crippen molar-refractivity contribution in [3.63, 3.8) is 0 Å². The molecule has 1 heterocycles. The summed E-state index contributed by atoms with van der Waals surface area (Å²) in [6, 6.07) is 7.38. The van der Waals surface area contributed by atoms with Gasteiger partial charge >= 0.3 is 0 Å². The van der Waals surface area contributed by atoms with Crippen LogP contribution < -0.4 is 15.4 Å². The van der Waals surface area contributed by atoms with E-state index in [1.54, 1.807) is 0 Å². The summed E-state index contributed by atoms with van der Waals surface area (Å²) in [7, 11) is 0. The van der Waals surface area contributed by atoms with E-state index >= 15 is 0 Å². The van der Waals surface area contributed by atoms with Crippen LogP contribution in [0.2, 0.25) is 0 Å². The molecule has 0 spiro atoms. The van der Waals surface area contributed by atoms with Crippen molar-refractivity contribution in [2.75, 3.05) is 6.54 Å². The van der Waals surface area contributed by atoms with Crippen LogP contribution in [0.3, 0.4) is 0 Å². The summed E-state index contributed by atoms with van der Waals surface area (Å²) in [5.74, 6) is 0.702. The van der Waals surface area contributed by atoms with Crippen LogP contribution in [-0.2, 0) is 11.3 Å². The quantitative estimate of drug-likeness (QED) is 0.878. The molecule has 4 nitrogen and oxygen atoms in total. The fourth-order valence-electron chi connectivity index (χ4n) is 3.15. The van der Waals surface area contributed by atoms with Crippen LogP contribution in [0.5, 0.6) is 5.75 Å². The highest BCUT2D eigenvalue weighted by molar-refractivity contribution is 5.82. The number of para-hydroxylation sites is 1. The Morgan fingerprint density at radius 2 is 2.09 bits per heavy atom. The summed E-state index contributed by atoms with van der Waals surface area (Å²) in [5, 5.41) is 5.78. The van der Waals surface area contributed by atoms with Crippen LogP contribution in [0.25, 0.3) is 0 Å². The topological polar surface area (TPSA) is 50.4 Å². The summed E-state index contributed by atoms with van der Waals surface area (Å²) >= 11 is 0. The Balaban J connectivity index is 1.56. The van der Waals surface area contributed by atoms with Gasteiger partial charge < -0.3 is 15.4 Å². The fourth-order valence-corrected chi connectivity index (χ4v) is 3.15. The summed E-state index contributed by atoms with van der Waals surface area (Å²) in [5.41, 5.74) is 0.970. The van der Waals surface area contributed by atoms with Crippen LogP contribution in [0.15, 0.2) is 24.3 Å². The minimum Gasteiger partial charge on any atom is -0.490 e. The molecule has 1 saturated carbocycles. The van der Waals surface area contributed by atoms with E-state index in [2.05, 4.69) is 10.6 Å². The van der Waals surface area contributed by atoms with Gasteiger partial charge in [0.1, 0.15) is 11.9 Å². The van der Waals surface area contributed by atoms with E-state index < -0.39 is 12.2 Å². The number of halogens is 1. The van der Waals surface area contributed by atoms with Crippen molar-refractivity contribution in [1.82, 2.24) is 10.6 Å². The molecule has 1 aromatic rings. The predicted molar refractivity (Wildman–Crippen MR) is 82.5 cm³/mol. The van der Waals surface area contributed by atoms with Gasteiger partial charge in [0, 0.05) is 25.1 Å². The van der Waals surface area contributed by atoms with Crippen molar-refractivity contribution in [3.8, 4) is 5.75 Å². The molecule has 1 aromatic carbocycles. The maximum atomic E-state index is 13.1. The van der Waals surface area contributed by atoms with Gasteiger partial charge in [-0.3, -0.25) is 4.79 Å². The summed E-state index contributed by atoms with van der Waals surface area (Å²) in [6.45, 7) is 0.677. The first-order valence-corrected chi connectivity index (χ1v) is 8.12. The fraction of sp³-hybridized carbons (Fsp3) is 0.588. The number of rotatable bonds is 5. The summed E-state index contributed by atoms with van der Waals surface area (Å²) < 4.78 is 19.2. The van der Waals surface area contributed by atoms with E-state index in [9.17, 15) is 9.18 Å². The minimum absolute atomic E-state index is 0.143. The highest BCUT2D eigenvalue weighted by atomic mass is 19.1. The molecule has 2 fully saturated rings. The Bertz CT molecular complexity index is 517. The molecule has 2 N–H and O–H groups in total. The van der Waals surface area contributed by atoms with Crippen LogP contribution in [0, 0.1) is 0 Å². The molecule has 0 bridgehead atoms. The van der Waals surface area contributed by atoms with E-state index in [4.69, 9.17) is 4.74 Å². The maximum Gasteiger partial charge on any atom is 0.237 e. The lowest BCUT2D eigenvalue weighted by molar-refractivity contribution is -0.123. The Labute approximate surface area is 130 Å². The van der Waals surface area contributed by atoms with Crippen LogP contribution in [-0.4, -0.2) is 30.8 Å². The zero-order valence-corrected chi connectivity index (χ0v) is 12.7. The highest BCUT2D eigenvalue weighted by Gasteiger charge is 2.29. The minimum atomic E-state index is -0.922. The lowest BCUT2D eigenvalue weighted by Crippen LogP contribution is -2.40. The molecule has 2 atom stereocenters. The monoisotopic (exact) mass is 306 g/mol. The maximum absolute atomic E-state index is 13.1. The van der Waals surface area contributed by atoms with Gasteiger partial charge in [-0.15, -0.1) is 0 Å². The first kappa shape index (κ1) is 15.3. The second-order valence-corrected chi connectivity index (χ2v) is 6.14. The summed E-state index contributed by atoms with van der Waals surface area (Å²) in [6.07, 6.45) is 4.28. The molecule has 0 unspecified atom stereocenters. The standard InChI is InChI=1S/C17H23FN2O2/c18-13-9-15(19-11-13)17(21)20-10-12-5-1-4-8-16(12)22-14-6-2-3-7-14/h1,4-5,8,13-15,19H,2-3,6-7,9-11H2,(H,20,21)/t13-,15+/m0/s1. The SMILES string of the molecule is O=C(NCc1ccccc1OC1CCCC1)[C@H]1C[C@H](F)CN1. The van der Waals surface area contributed by atoms with Crippen LogP contribution in [0.4, 0.5) is 4.39 Å². The third-order valence-electron chi connectivity index (χ3n) is 4.42. The number of nitrogens with one attached hydrogen (secondary N) is 2. The Kier molecular flexibility index (Phi) is 4.93. The smallest absolute Gasteiger partial charge is 0.237 e. The molecule has 5 heteroatoms. The molecule has 0 radical (unpaired) electrons. The van der Waals surface area contributed by atoms with Gasteiger partial charge in [-0.1, -0.05) is 18.2 Å². The molecule has 3 rings (SSSR count). The first-order chi connectivity index (χ1) is 10.7. The first-order valence-electron chi connectivity index (χ1n) is 8.12. The normalized spacial score (nSPS) is 25.3. The number of benzene rings is 1.